The minimum atomic E-state index is 0.336. The van der Waals surface area contributed by atoms with E-state index >= 15 is 0 Å². The number of rotatable bonds is 5. The lowest BCUT2D eigenvalue weighted by Gasteiger charge is -2.17. The first-order valence-electron chi connectivity index (χ1n) is 6.97. The summed E-state index contributed by atoms with van der Waals surface area (Å²) in [5, 5.41) is 3.43. The van der Waals surface area contributed by atoms with Crippen LogP contribution in [0.25, 0.3) is 0 Å². The zero-order valence-electron chi connectivity index (χ0n) is 12.4. The van der Waals surface area contributed by atoms with Gasteiger partial charge in [-0.15, -0.1) is 0 Å². The average molecular weight is 270 g/mol. The highest BCUT2D eigenvalue weighted by molar-refractivity contribution is 5.55. The maximum Gasteiger partial charge on any atom is 0.134 e. The first-order chi connectivity index (χ1) is 9.56. The number of aromatic nitrogens is 2. The fourth-order valence-corrected chi connectivity index (χ4v) is 2.12. The van der Waals surface area contributed by atoms with E-state index in [1.165, 1.54) is 5.56 Å². The maximum atomic E-state index is 5.87. The number of nitrogens with zero attached hydrogens (tertiary/aromatic N) is 2. The van der Waals surface area contributed by atoms with Crippen molar-refractivity contribution in [1.82, 2.24) is 9.97 Å². The third kappa shape index (κ3) is 3.70. The number of anilines is 2. The molecule has 4 nitrogen and oxygen atoms in total. The highest BCUT2D eigenvalue weighted by Crippen LogP contribution is 2.18. The summed E-state index contributed by atoms with van der Waals surface area (Å²) < 4.78 is 0. The number of aryl methyl sites for hydroxylation is 2. The van der Waals surface area contributed by atoms with Crippen LogP contribution in [0, 0.1) is 13.8 Å². The summed E-state index contributed by atoms with van der Waals surface area (Å²) in [6, 6.07) is 10.8. The molecule has 4 heteroatoms. The Kier molecular flexibility index (Phi) is 4.56. The van der Waals surface area contributed by atoms with Gasteiger partial charge in [0.1, 0.15) is 17.5 Å². The predicted octanol–water partition coefficient (Wildman–Crippen LogP) is 3.11. The lowest BCUT2D eigenvalue weighted by atomic mass is 10.1. The molecule has 0 amide bonds. The van der Waals surface area contributed by atoms with Gasteiger partial charge in [-0.05, 0) is 39.2 Å². The molecule has 0 fully saturated rings. The Hall–Kier alpha value is -2.10. The van der Waals surface area contributed by atoms with Crippen molar-refractivity contribution in [2.45, 2.75) is 39.7 Å². The Labute approximate surface area is 120 Å². The third-order valence-electron chi connectivity index (χ3n) is 3.39. The standard InChI is InChI=1S/C16H22N4/c1-11(9-10-14-7-5-4-6-8-14)18-16-12(2)15(17)19-13(3)20-16/h4-8,11H,9-10H2,1-3H3,(H3,17,18,19,20). The molecule has 0 radical (unpaired) electrons. The van der Waals surface area contributed by atoms with Crippen molar-refractivity contribution in [2.75, 3.05) is 11.1 Å². The van der Waals surface area contributed by atoms with E-state index in [9.17, 15) is 0 Å². The number of hydrogen-bond acceptors (Lipinski definition) is 4. The summed E-state index contributed by atoms with van der Waals surface area (Å²) in [7, 11) is 0. The molecule has 0 aliphatic carbocycles. The Balaban J connectivity index is 1.96. The van der Waals surface area contributed by atoms with Crippen molar-refractivity contribution >= 4 is 11.6 Å². The quantitative estimate of drug-likeness (QED) is 0.876. The van der Waals surface area contributed by atoms with E-state index in [1.807, 2.05) is 19.9 Å². The van der Waals surface area contributed by atoms with Crippen molar-refractivity contribution in [1.29, 1.82) is 0 Å². The van der Waals surface area contributed by atoms with Crippen LogP contribution in [0.3, 0.4) is 0 Å². The van der Waals surface area contributed by atoms with Gasteiger partial charge in [0.15, 0.2) is 0 Å². The van der Waals surface area contributed by atoms with Gasteiger partial charge in [-0.1, -0.05) is 30.3 Å². The number of benzene rings is 1. The summed E-state index contributed by atoms with van der Waals surface area (Å²) in [5.74, 6) is 2.09. The molecular formula is C16H22N4. The molecule has 3 N–H and O–H groups in total. The van der Waals surface area contributed by atoms with E-state index in [0.717, 1.165) is 24.2 Å². The molecule has 1 aromatic carbocycles. The van der Waals surface area contributed by atoms with Crippen molar-refractivity contribution in [3.63, 3.8) is 0 Å². The number of hydrogen-bond donors (Lipinski definition) is 2. The lowest BCUT2D eigenvalue weighted by Crippen LogP contribution is -2.19. The molecular weight excluding hydrogens is 248 g/mol. The van der Waals surface area contributed by atoms with E-state index in [-0.39, 0.29) is 0 Å². The normalized spacial score (nSPS) is 12.2. The van der Waals surface area contributed by atoms with Crippen LogP contribution in [0.15, 0.2) is 30.3 Å². The Morgan fingerprint density at radius 3 is 2.55 bits per heavy atom. The summed E-state index contributed by atoms with van der Waals surface area (Å²) in [4.78, 5) is 8.59. The summed E-state index contributed by atoms with van der Waals surface area (Å²) >= 11 is 0. The molecule has 20 heavy (non-hydrogen) atoms. The van der Waals surface area contributed by atoms with Gasteiger partial charge < -0.3 is 11.1 Å². The first kappa shape index (κ1) is 14.3. The average Bonchev–Trinajstić information content (AvgIpc) is 2.43. The highest BCUT2D eigenvalue weighted by Gasteiger charge is 2.09. The molecule has 1 atom stereocenters. The van der Waals surface area contributed by atoms with Crippen LogP contribution >= 0.6 is 0 Å². The number of nitrogens with two attached hydrogens (primary N) is 1. The minimum absolute atomic E-state index is 0.336. The number of nitrogen functional groups attached to an aromatic ring is 1. The van der Waals surface area contributed by atoms with Gasteiger partial charge in [0.05, 0.1) is 0 Å². The largest absolute Gasteiger partial charge is 0.383 e. The van der Waals surface area contributed by atoms with E-state index in [1.54, 1.807) is 0 Å². The lowest BCUT2D eigenvalue weighted by molar-refractivity contribution is 0.701. The van der Waals surface area contributed by atoms with Gasteiger partial charge in [-0.25, -0.2) is 9.97 Å². The zero-order valence-corrected chi connectivity index (χ0v) is 12.4. The van der Waals surface area contributed by atoms with Crippen LogP contribution in [0.2, 0.25) is 0 Å². The van der Waals surface area contributed by atoms with E-state index in [4.69, 9.17) is 5.73 Å². The maximum absolute atomic E-state index is 5.87. The smallest absolute Gasteiger partial charge is 0.134 e. The topological polar surface area (TPSA) is 63.8 Å². The van der Waals surface area contributed by atoms with Crippen molar-refractivity contribution in [2.24, 2.45) is 0 Å². The van der Waals surface area contributed by atoms with E-state index in [2.05, 4.69) is 46.5 Å². The van der Waals surface area contributed by atoms with Gasteiger partial charge in [-0.3, -0.25) is 0 Å². The molecule has 106 valence electrons. The van der Waals surface area contributed by atoms with Crippen LogP contribution in [-0.2, 0) is 6.42 Å². The second-order valence-corrected chi connectivity index (χ2v) is 5.20. The SMILES string of the molecule is Cc1nc(N)c(C)c(NC(C)CCc2ccccc2)n1. The molecule has 1 aromatic heterocycles. The van der Waals surface area contributed by atoms with Crippen LogP contribution in [0.4, 0.5) is 11.6 Å². The molecule has 1 unspecified atom stereocenters. The van der Waals surface area contributed by atoms with Crippen molar-refractivity contribution in [3.8, 4) is 0 Å². The summed E-state index contributed by atoms with van der Waals surface area (Å²) in [5.41, 5.74) is 8.15. The highest BCUT2D eigenvalue weighted by atomic mass is 15.1. The van der Waals surface area contributed by atoms with Gasteiger partial charge in [0.2, 0.25) is 0 Å². The fourth-order valence-electron chi connectivity index (χ4n) is 2.12. The monoisotopic (exact) mass is 270 g/mol. The zero-order chi connectivity index (χ0) is 14.5. The van der Waals surface area contributed by atoms with Crippen molar-refractivity contribution in [3.05, 3.63) is 47.3 Å². The molecule has 0 spiro atoms. The van der Waals surface area contributed by atoms with Crippen molar-refractivity contribution < 1.29 is 0 Å². The predicted molar refractivity (Wildman–Crippen MR) is 83.8 cm³/mol. The van der Waals surface area contributed by atoms with Crippen LogP contribution in [0.5, 0.6) is 0 Å². The second-order valence-electron chi connectivity index (χ2n) is 5.20. The van der Waals surface area contributed by atoms with Crippen LogP contribution < -0.4 is 11.1 Å². The molecule has 2 aromatic rings. The minimum Gasteiger partial charge on any atom is -0.383 e. The Bertz CT molecular complexity index is 566. The van der Waals surface area contributed by atoms with E-state index in [0.29, 0.717) is 17.7 Å². The second kappa shape index (κ2) is 6.37. The molecule has 0 saturated carbocycles. The Morgan fingerprint density at radius 1 is 1.15 bits per heavy atom. The van der Waals surface area contributed by atoms with Gasteiger partial charge in [0.25, 0.3) is 0 Å². The summed E-state index contributed by atoms with van der Waals surface area (Å²) in [6.45, 7) is 5.96. The van der Waals surface area contributed by atoms with Gasteiger partial charge in [-0.2, -0.15) is 0 Å². The van der Waals surface area contributed by atoms with E-state index < -0.39 is 0 Å². The fraction of sp³-hybridized carbons (Fsp3) is 0.375. The summed E-state index contributed by atoms with van der Waals surface area (Å²) in [6.07, 6.45) is 2.10. The van der Waals surface area contributed by atoms with Gasteiger partial charge in [0, 0.05) is 11.6 Å². The molecule has 1 heterocycles. The molecule has 0 aliphatic heterocycles. The first-order valence-corrected chi connectivity index (χ1v) is 6.97. The van der Waals surface area contributed by atoms with Crippen LogP contribution in [0.1, 0.15) is 30.3 Å². The molecule has 2 rings (SSSR count). The molecule has 0 saturated heterocycles. The molecule has 0 aliphatic rings. The van der Waals surface area contributed by atoms with Gasteiger partial charge >= 0.3 is 0 Å². The molecule has 0 bridgehead atoms. The number of nitrogens with one attached hydrogen (secondary N) is 1. The Morgan fingerprint density at radius 2 is 1.85 bits per heavy atom. The third-order valence-corrected chi connectivity index (χ3v) is 3.39. The van der Waals surface area contributed by atoms with Crippen LogP contribution in [-0.4, -0.2) is 16.0 Å².